The largest absolute Gasteiger partial charge is 0.544 e. The van der Waals surface area contributed by atoms with Gasteiger partial charge in [0.2, 0.25) is 5.01 Å². The summed E-state index contributed by atoms with van der Waals surface area (Å²) in [6, 6.07) is 0. The molecule has 0 saturated carbocycles. The third-order valence-electron chi connectivity index (χ3n) is 1.41. The lowest BCUT2D eigenvalue weighted by Crippen LogP contribution is -2.23. The first-order chi connectivity index (χ1) is 7.20. The van der Waals surface area contributed by atoms with Gasteiger partial charge in [-0.15, -0.1) is 11.3 Å². The number of carboxylic acids is 1. The van der Waals surface area contributed by atoms with E-state index in [0.717, 1.165) is 0 Å². The van der Waals surface area contributed by atoms with Gasteiger partial charge in [0.05, 0.1) is 10.8 Å². The maximum absolute atomic E-state index is 11.5. The van der Waals surface area contributed by atoms with Gasteiger partial charge in [0.15, 0.2) is 0 Å². The van der Waals surface area contributed by atoms with Crippen LogP contribution in [0, 0.1) is 0 Å². The van der Waals surface area contributed by atoms with E-state index in [1.807, 2.05) is 0 Å². The minimum absolute atomic E-state index is 0.0911. The van der Waals surface area contributed by atoms with Crippen molar-refractivity contribution in [2.75, 3.05) is 5.73 Å². The van der Waals surface area contributed by atoms with Crippen LogP contribution in [0.5, 0.6) is 0 Å². The fourth-order valence-corrected chi connectivity index (χ4v) is 1.58. The van der Waals surface area contributed by atoms with Gasteiger partial charge in [0, 0.05) is 0 Å². The average molecular weight is 243 g/mol. The Balaban J connectivity index is 2.94. The van der Waals surface area contributed by atoms with Crippen molar-refractivity contribution in [1.82, 2.24) is 4.98 Å². The van der Waals surface area contributed by atoms with E-state index in [-0.39, 0.29) is 15.7 Å². The molecule has 0 amide bonds. The van der Waals surface area contributed by atoms with Crippen LogP contribution >= 0.6 is 11.3 Å². The van der Waals surface area contributed by atoms with Crippen LogP contribution in [-0.2, 0) is 4.74 Å². The number of rotatable bonds is 2. The number of esters is 1. The van der Waals surface area contributed by atoms with Gasteiger partial charge in [-0.25, -0.2) is 9.78 Å². The molecule has 0 radical (unpaired) electrons. The minimum atomic E-state index is -1.45. The summed E-state index contributed by atoms with van der Waals surface area (Å²) in [5.74, 6) is -2.38. The molecule has 1 aromatic rings. The topological polar surface area (TPSA) is 105 Å². The van der Waals surface area contributed by atoms with Crippen molar-refractivity contribution in [1.29, 1.82) is 0 Å². The Morgan fingerprint density at radius 2 is 2.00 bits per heavy atom. The highest BCUT2D eigenvalue weighted by Gasteiger charge is 2.22. The molecule has 0 aliphatic heterocycles. The molecular formula is C9H11N2O4S-. The Morgan fingerprint density at radius 1 is 1.44 bits per heavy atom. The van der Waals surface area contributed by atoms with Crippen molar-refractivity contribution in [3.05, 3.63) is 9.88 Å². The van der Waals surface area contributed by atoms with Crippen LogP contribution in [0.15, 0.2) is 0 Å². The van der Waals surface area contributed by atoms with Crippen LogP contribution in [0.25, 0.3) is 0 Å². The number of carboxylic acid groups (broad SMARTS) is 1. The number of anilines is 1. The van der Waals surface area contributed by atoms with Crippen molar-refractivity contribution in [3.63, 3.8) is 0 Å². The molecule has 88 valence electrons. The summed E-state index contributed by atoms with van der Waals surface area (Å²) in [6.07, 6.45) is 0. The zero-order valence-corrected chi connectivity index (χ0v) is 9.88. The summed E-state index contributed by atoms with van der Waals surface area (Å²) in [5, 5.41) is 10.5. The number of hydrogen-bond donors (Lipinski definition) is 1. The number of carbonyl (C=O) groups excluding carboxylic acids is 2. The van der Waals surface area contributed by atoms with Crippen molar-refractivity contribution >= 4 is 29.1 Å². The van der Waals surface area contributed by atoms with E-state index >= 15 is 0 Å². The number of aromatic nitrogens is 1. The quantitative estimate of drug-likeness (QED) is 0.735. The van der Waals surface area contributed by atoms with Gasteiger partial charge < -0.3 is 20.4 Å². The molecule has 0 aliphatic carbocycles. The van der Waals surface area contributed by atoms with Gasteiger partial charge in [0.1, 0.15) is 11.4 Å². The van der Waals surface area contributed by atoms with Crippen molar-refractivity contribution in [3.8, 4) is 0 Å². The lowest BCUT2D eigenvalue weighted by Gasteiger charge is -2.18. The van der Waals surface area contributed by atoms with E-state index in [4.69, 9.17) is 10.5 Å². The van der Waals surface area contributed by atoms with E-state index in [1.54, 1.807) is 20.8 Å². The summed E-state index contributed by atoms with van der Waals surface area (Å²) in [5.41, 5.74) is 4.65. The Hall–Kier alpha value is -1.63. The number of thiazole rings is 1. The molecule has 1 heterocycles. The van der Waals surface area contributed by atoms with Gasteiger partial charge in [-0.2, -0.15) is 0 Å². The highest BCUT2D eigenvalue weighted by molar-refractivity contribution is 7.15. The monoisotopic (exact) mass is 243 g/mol. The standard InChI is InChI=1S/C9H12N2O4S/c1-9(2,3)15-8(14)6-11-5(10)4(16-6)7(12)13/h10H2,1-3H3,(H,12,13)/p-1. The number of nitrogen functional groups attached to an aromatic ring is 1. The second kappa shape index (κ2) is 4.09. The maximum Gasteiger partial charge on any atom is 0.368 e. The Morgan fingerprint density at radius 3 is 2.38 bits per heavy atom. The highest BCUT2D eigenvalue weighted by atomic mass is 32.1. The third kappa shape index (κ3) is 2.93. The number of nitrogens with two attached hydrogens (primary N) is 1. The number of aromatic carboxylic acids is 1. The van der Waals surface area contributed by atoms with Gasteiger partial charge in [-0.05, 0) is 20.8 Å². The van der Waals surface area contributed by atoms with Crippen LogP contribution in [0.3, 0.4) is 0 Å². The zero-order chi connectivity index (χ0) is 12.5. The molecule has 0 atom stereocenters. The fraction of sp³-hybridized carbons (Fsp3) is 0.444. The van der Waals surface area contributed by atoms with Crippen molar-refractivity contribution < 1.29 is 19.4 Å². The smallest absolute Gasteiger partial charge is 0.368 e. The van der Waals surface area contributed by atoms with Gasteiger partial charge in [0.25, 0.3) is 0 Å². The lowest BCUT2D eigenvalue weighted by atomic mass is 10.2. The number of carbonyl (C=O) groups is 2. The van der Waals surface area contributed by atoms with Gasteiger partial charge >= 0.3 is 5.97 Å². The van der Waals surface area contributed by atoms with E-state index in [2.05, 4.69) is 4.98 Å². The molecule has 1 rings (SSSR count). The summed E-state index contributed by atoms with van der Waals surface area (Å²) in [6.45, 7) is 5.09. The number of hydrogen-bond acceptors (Lipinski definition) is 7. The highest BCUT2D eigenvalue weighted by Crippen LogP contribution is 2.22. The van der Waals surface area contributed by atoms with E-state index in [1.165, 1.54) is 0 Å². The van der Waals surface area contributed by atoms with Crippen molar-refractivity contribution in [2.45, 2.75) is 26.4 Å². The fourth-order valence-electron chi connectivity index (χ4n) is 0.887. The normalized spacial score (nSPS) is 11.2. The molecule has 2 N–H and O–H groups in total. The predicted molar refractivity (Wildman–Crippen MR) is 56.0 cm³/mol. The van der Waals surface area contributed by atoms with E-state index in [0.29, 0.717) is 11.3 Å². The van der Waals surface area contributed by atoms with Gasteiger partial charge in [-0.3, -0.25) is 0 Å². The van der Waals surface area contributed by atoms with Crippen molar-refractivity contribution in [2.24, 2.45) is 0 Å². The zero-order valence-electron chi connectivity index (χ0n) is 9.07. The Labute approximate surface area is 96.1 Å². The van der Waals surface area contributed by atoms with Crippen LogP contribution in [-0.4, -0.2) is 22.5 Å². The summed E-state index contributed by atoms with van der Waals surface area (Å²) >= 11 is 0.644. The maximum atomic E-state index is 11.5. The molecule has 0 spiro atoms. The first-order valence-electron chi connectivity index (χ1n) is 4.41. The summed E-state index contributed by atoms with van der Waals surface area (Å²) in [4.78, 5) is 25.4. The van der Waals surface area contributed by atoms with Gasteiger partial charge in [-0.1, -0.05) is 0 Å². The SMILES string of the molecule is CC(C)(C)OC(=O)c1nc(N)c(C(=O)[O-])s1. The molecule has 7 heteroatoms. The Kier molecular flexibility index (Phi) is 3.18. The van der Waals surface area contributed by atoms with Crippen LogP contribution < -0.4 is 10.8 Å². The molecule has 0 fully saturated rings. The average Bonchev–Trinajstić information content (AvgIpc) is 2.44. The summed E-state index contributed by atoms with van der Waals surface area (Å²) in [7, 11) is 0. The molecule has 6 nitrogen and oxygen atoms in total. The van der Waals surface area contributed by atoms with E-state index in [9.17, 15) is 14.7 Å². The second-order valence-corrected chi connectivity index (χ2v) is 5.02. The first-order valence-corrected chi connectivity index (χ1v) is 5.23. The van der Waals surface area contributed by atoms with Crippen LogP contribution in [0.4, 0.5) is 5.82 Å². The molecule has 0 aliphatic rings. The lowest BCUT2D eigenvalue weighted by molar-refractivity contribution is -0.254. The molecule has 0 unspecified atom stereocenters. The molecule has 0 aromatic carbocycles. The number of nitrogens with zero attached hydrogens (tertiary/aromatic N) is 1. The Bertz CT molecular complexity index is 433. The molecule has 16 heavy (non-hydrogen) atoms. The molecular weight excluding hydrogens is 232 g/mol. The predicted octanol–water partition coefficient (Wildman–Crippen LogP) is 0.0441. The minimum Gasteiger partial charge on any atom is -0.544 e. The molecule has 1 aromatic heterocycles. The first kappa shape index (κ1) is 12.4. The summed E-state index contributed by atoms with van der Waals surface area (Å²) < 4.78 is 5.01. The third-order valence-corrected chi connectivity index (χ3v) is 2.44. The number of ether oxygens (including phenoxy) is 1. The molecule has 0 bridgehead atoms. The van der Waals surface area contributed by atoms with Crippen LogP contribution in [0.1, 0.15) is 40.2 Å². The van der Waals surface area contributed by atoms with E-state index < -0.39 is 17.5 Å². The molecule has 0 saturated heterocycles. The second-order valence-electron chi connectivity index (χ2n) is 4.02. The van der Waals surface area contributed by atoms with Crippen LogP contribution in [0.2, 0.25) is 0 Å².